The summed E-state index contributed by atoms with van der Waals surface area (Å²) in [6.45, 7) is -3.17. The van der Waals surface area contributed by atoms with Crippen LogP contribution >= 0.6 is 0 Å². The van der Waals surface area contributed by atoms with Gasteiger partial charge in [0.25, 0.3) is 16.0 Å². The van der Waals surface area contributed by atoms with Crippen molar-refractivity contribution in [3.05, 3.63) is 22.1 Å². The lowest BCUT2D eigenvalue weighted by Crippen LogP contribution is -2.36. The molecular formula is C9H11F3N4O6S. The molecule has 1 aromatic rings. The quantitative estimate of drug-likeness (QED) is 0.409. The van der Waals surface area contributed by atoms with Crippen molar-refractivity contribution >= 4 is 21.8 Å². The summed E-state index contributed by atoms with van der Waals surface area (Å²) in [5.74, 6) is -2.16. The van der Waals surface area contributed by atoms with Crippen LogP contribution in [0.15, 0.2) is 6.20 Å². The van der Waals surface area contributed by atoms with E-state index in [1.54, 1.807) is 0 Å². The van der Waals surface area contributed by atoms with Crippen LogP contribution in [-0.2, 0) is 32.2 Å². The SMILES string of the molecule is CS(=O)(=O)OCc1ncc([N+](=O)[O-])n1CC(=O)NCC(F)(F)F. The van der Waals surface area contributed by atoms with Gasteiger partial charge in [-0.2, -0.15) is 26.2 Å². The Morgan fingerprint density at radius 3 is 2.61 bits per heavy atom. The number of nitro groups is 1. The van der Waals surface area contributed by atoms with Crippen LogP contribution in [0.4, 0.5) is 19.0 Å². The van der Waals surface area contributed by atoms with Crippen molar-refractivity contribution in [1.82, 2.24) is 14.9 Å². The second kappa shape index (κ2) is 6.91. The van der Waals surface area contributed by atoms with Gasteiger partial charge in [0, 0.05) is 0 Å². The van der Waals surface area contributed by atoms with Crippen molar-refractivity contribution in [2.24, 2.45) is 0 Å². The molecule has 14 heteroatoms. The Balaban J connectivity index is 2.91. The lowest BCUT2D eigenvalue weighted by atomic mass is 10.5. The molecule has 0 fully saturated rings. The molecule has 0 unspecified atom stereocenters. The fourth-order valence-corrected chi connectivity index (χ4v) is 1.71. The van der Waals surface area contributed by atoms with Crippen LogP contribution in [0.1, 0.15) is 5.82 Å². The van der Waals surface area contributed by atoms with E-state index in [2.05, 4.69) is 9.17 Å². The normalized spacial score (nSPS) is 12.2. The summed E-state index contributed by atoms with van der Waals surface area (Å²) < 4.78 is 62.9. The molecule has 1 heterocycles. The largest absolute Gasteiger partial charge is 0.405 e. The van der Waals surface area contributed by atoms with E-state index >= 15 is 0 Å². The molecule has 0 aromatic carbocycles. The molecule has 1 rings (SSSR count). The molecule has 23 heavy (non-hydrogen) atoms. The number of alkyl halides is 3. The number of nitrogens with zero attached hydrogens (tertiary/aromatic N) is 3. The van der Waals surface area contributed by atoms with Crippen molar-refractivity contribution < 1.29 is 35.5 Å². The Morgan fingerprint density at radius 1 is 1.52 bits per heavy atom. The van der Waals surface area contributed by atoms with Gasteiger partial charge in [-0.25, -0.2) is 4.98 Å². The highest BCUT2D eigenvalue weighted by atomic mass is 32.2. The van der Waals surface area contributed by atoms with Crippen molar-refractivity contribution in [3.63, 3.8) is 0 Å². The highest BCUT2D eigenvalue weighted by Gasteiger charge is 2.29. The first-order valence-electron chi connectivity index (χ1n) is 5.75. The average molecular weight is 360 g/mol. The zero-order valence-electron chi connectivity index (χ0n) is 11.5. The number of amides is 1. The van der Waals surface area contributed by atoms with Gasteiger partial charge in [0.1, 0.15) is 19.3 Å². The molecule has 0 aliphatic heterocycles. The smallest absolute Gasteiger partial charge is 0.358 e. The van der Waals surface area contributed by atoms with E-state index in [0.717, 1.165) is 12.5 Å². The number of halogens is 3. The molecule has 0 saturated heterocycles. The van der Waals surface area contributed by atoms with E-state index in [0.29, 0.717) is 4.57 Å². The fraction of sp³-hybridized carbons (Fsp3) is 0.556. The third-order valence-electron chi connectivity index (χ3n) is 2.29. The molecule has 0 spiro atoms. The van der Waals surface area contributed by atoms with E-state index in [9.17, 15) is 36.5 Å². The summed E-state index contributed by atoms with van der Waals surface area (Å²) in [5.41, 5.74) is 0. The number of carbonyl (C=O) groups is 1. The molecule has 10 nitrogen and oxygen atoms in total. The zero-order valence-corrected chi connectivity index (χ0v) is 12.3. The van der Waals surface area contributed by atoms with E-state index in [1.165, 1.54) is 5.32 Å². The van der Waals surface area contributed by atoms with Gasteiger partial charge in [-0.3, -0.25) is 8.98 Å². The molecule has 130 valence electrons. The number of carbonyl (C=O) groups excluding carboxylic acids is 1. The molecular weight excluding hydrogens is 349 g/mol. The van der Waals surface area contributed by atoms with Crippen molar-refractivity contribution in [1.29, 1.82) is 0 Å². The molecule has 0 radical (unpaired) electrons. The molecule has 1 aromatic heterocycles. The molecule has 0 saturated carbocycles. The second-order valence-electron chi connectivity index (χ2n) is 4.23. The van der Waals surface area contributed by atoms with Crippen molar-refractivity contribution in [2.75, 3.05) is 12.8 Å². The van der Waals surface area contributed by atoms with Crippen LogP contribution in [0.2, 0.25) is 0 Å². The highest BCUT2D eigenvalue weighted by Crippen LogP contribution is 2.16. The monoisotopic (exact) mass is 360 g/mol. The van der Waals surface area contributed by atoms with Crippen molar-refractivity contribution in [3.8, 4) is 0 Å². The van der Waals surface area contributed by atoms with Crippen LogP contribution in [0.5, 0.6) is 0 Å². The summed E-state index contributed by atoms with van der Waals surface area (Å²) >= 11 is 0. The van der Waals surface area contributed by atoms with E-state index in [4.69, 9.17) is 0 Å². The Hall–Kier alpha value is -2.22. The molecule has 0 aliphatic carbocycles. The summed E-state index contributed by atoms with van der Waals surface area (Å²) in [4.78, 5) is 24.9. The van der Waals surface area contributed by atoms with Gasteiger partial charge < -0.3 is 15.4 Å². The number of hydrogen-bond acceptors (Lipinski definition) is 7. The first-order chi connectivity index (χ1) is 10.4. The van der Waals surface area contributed by atoms with Crippen molar-refractivity contribution in [2.45, 2.75) is 19.3 Å². The van der Waals surface area contributed by atoms with Gasteiger partial charge in [-0.05, 0) is 4.92 Å². The summed E-state index contributed by atoms with van der Waals surface area (Å²) in [5, 5.41) is 12.3. The van der Waals surface area contributed by atoms with Crippen LogP contribution in [0.25, 0.3) is 0 Å². The zero-order chi connectivity index (χ0) is 17.8. The Morgan fingerprint density at radius 2 is 2.13 bits per heavy atom. The average Bonchev–Trinajstić information content (AvgIpc) is 2.75. The summed E-state index contributed by atoms with van der Waals surface area (Å²) in [7, 11) is -3.88. The summed E-state index contributed by atoms with van der Waals surface area (Å²) in [6.07, 6.45) is -3.18. The van der Waals surface area contributed by atoms with Gasteiger partial charge in [-0.15, -0.1) is 0 Å². The van der Waals surface area contributed by atoms with Gasteiger partial charge in [0.15, 0.2) is 6.54 Å². The minimum Gasteiger partial charge on any atom is -0.358 e. The lowest BCUT2D eigenvalue weighted by molar-refractivity contribution is -0.392. The second-order valence-corrected chi connectivity index (χ2v) is 5.88. The van der Waals surface area contributed by atoms with Crippen LogP contribution < -0.4 is 5.32 Å². The maximum atomic E-state index is 12.0. The third kappa shape index (κ3) is 6.60. The topological polar surface area (TPSA) is 133 Å². The van der Waals surface area contributed by atoms with Gasteiger partial charge in [0.05, 0.1) is 6.26 Å². The maximum absolute atomic E-state index is 12.0. The fourth-order valence-electron chi connectivity index (χ4n) is 1.40. The molecule has 0 aliphatic rings. The highest BCUT2D eigenvalue weighted by molar-refractivity contribution is 7.85. The Kier molecular flexibility index (Phi) is 5.65. The van der Waals surface area contributed by atoms with E-state index in [-0.39, 0.29) is 5.82 Å². The van der Waals surface area contributed by atoms with E-state index < -0.39 is 52.6 Å². The number of rotatable bonds is 7. The predicted octanol–water partition coefficient (Wildman–Crippen LogP) is -0.0540. The van der Waals surface area contributed by atoms with Gasteiger partial charge in [0.2, 0.25) is 5.82 Å². The number of imidazole rings is 1. The summed E-state index contributed by atoms with van der Waals surface area (Å²) in [6, 6.07) is 0. The first kappa shape index (κ1) is 18.8. The van der Waals surface area contributed by atoms with Gasteiger partial charge >= 0.3 is 12.0 Å². The maximum Gasteiger partial charge on any atom is 0.405 e. The van der Waals surface area contributed by atoms with Crippen LogP contribution in [0.3, 0.4) is 0 Å². The molecule has 1 amide bonds. The predicted molar refractivity (Wildman–Crippen MR) is 67.6 cm³/mol. The Labute approximate surface area is 127 Å². The van der Waals surface area contributed by atoms with Crippen LogP contribution in [-0.4, -0.2) is 47.8 Å². The van der Waals surface area contributed by atoms with E-state index in [1.807, 2.05) is 0 Å². The number of hydrogen-bond donors (Lipinski definition) is 1. The van der Waals surface area contributed by atoms with Crippen LogP contribution in [0, 0.1) is 10.1 Å². The minimum atomic E-state index is -4.64. The first-order valence-corrected chi connectivity index (χ1v) is 7.57. The Bertz CT molecular complexity index is 699. The number of aromatic nitrogens is 2. The molecule has 0 atom stereocenters. The third-order valence-corrected chi connectivity index (χ3v) is 2.84. The minimum absolute atomic E-state index is 0.302. The molecule has 0 bridgehead atoms. The van der Waals surface area contributed by atoms with Gasteiger partial charge in [-0.1, -0.05) is 0 Å². The lowest BCUT2D eigenvalue weighted by Gasteiger charge is -2.08. The molecule has 1 N–H and O–H groups in total. The standard InChI is InChI=1S/C9H11F3N4O6S/c1-23(20,21)22-4-6-13-2-8(16(18)19)15(6)3-7(17)14-5-9(10,11)12/h2H,3-5H2,1H3,(H,14,17). The number of nitrogens with one attached hydrogen (secondary N) is 1.